The molecule has 0 radical (unpaired) electrons. The molecular formula is C25H31F3N2O2S. The van der Waals surface area contributed by atoms with Crippen molar-refractivity contribution in [1.82, 2.24) is 4.72 Å². The summed E-state index contributed by atoms with van der Waals surface area (Å²) in [4.78, 5) is 0. The highest BCUT2D eigenvalue weighted by atomic mass is 32.2. The summed E-state index contributed by atoms with van der Waals surface area (Å²) >= 11 is 0. The van der Waals surface area contributed by atoms with Crippen LogP contribution in [0, 0.1) is 5.41 Å². The summed E-state index contributed by atoms with van der Waals surface area (Å²) in [5, 5.41) is 7.50. The Labute approximate surface area is 194 Å². The summed E-state index contributed by atoms with van der Waals surface area (Å²) in [6.45, 7) is 5.21. The third-order valence-electron chi connectivity index (χ3n) is 5.91. The topological polar surface area (TPSA) is 70.0 Å². The maximum absolute atomic E-state index is 13.5. The van der Waals surface area contributed by atoms with Crippen molar-refractivity contribution in [2.45, 2.75) is 76.8 Å². The van der Waals surface area contributed by atoms with E-state index in [1.165, 1.54) is 6.07 Å². The lowest BCUT2D eigenvalue weighted by atomic mass is 9.95. The van der Waals surface area contributed by atoms with Gasteiger partial charge in [-0.25, -0.2) is 13.1 Å². The Bertz CT molecular complexity index is 1120. The molecule has 0 spiro atoms. The first-order valence-corrected chi connectivity index (χ1v) is 12.8. The van der Waals surface area contributed by atoms with E-state index in [1.807, 2.05) is 25.1 Å². The van der Waals surface area contributed by atoms with Crippen LogP contribution in [0.3, 0.4) is 0 Å². The van der Waals surface area contributed by atoms with E-state index in [4.69, 9.17) is 5.41 Å². The van der Waals surface area contributed by atoms with Gasteiger partial charge in [-0.15, -0.1) is 0 Å². The zero-order chi connectivity index (χ0) is 24.4. The van der Waals surface area contributed by atoms with Crippen LogP contribution < -0.4 is 4.72 Å². The van der Waals surface area contributed by atoms with Crippen molar-refractivity contribution in [3.63, 3.8) is 0 Å². The van der Waals surface area contributed by atoms with Gasteiger partial charge in [-0.1, -0.05) is 37.6 Å². The van der Waals surface area contributed by atoms with Crippen molar-refractivity contribution >= 4 is 15.7 Å². The molecule has 2 aromatic rings. The minimum Gasteiger partial charge on any atom is -0.309 e. The summed E-state index contributed by atoms with van der Waals surface area (Å²) in [7, 11) is -3.37. The first-order chi connectivity index (χ1) is 15.4. The zero-order valence-corrected chi connectivity index (χ0v) is 20.0. The summed E-state index contributed by atoms with van der Waals surface area (Å²) < 4.78 is 67.6. The Morgan fingerprint density at radius 3 is 2.36 bits per heavy atom. The van der Waals surface area contributed by atoms with Gasteiger partial charge < -0.3 is 5.41 Å². The molecule has 0 saturated heterocycles. The summed E-state index contributed by atoms with van der Waals surface area (Å²) in [5.41, 5.74) is 3.77. The van der Waals surface area contributed by atoms with Crippen LogP contribution in [0.5, 0.6) is 0 Å². The highest BCUT2D eigenvalue weighted by Crippen LogP contribution is 2.32. The van der Waals surface area contributed by atoms with Crippen molar-refractivity contribution in [3.05, 3.63) is 69.8 Å². The average Bonchev–Trinajstić information content (AvgIpc) is 3.07. The predicted molar refractivity (Wildman–Crippen MR) is 125 cm³/mol. The first kappa shape index (κ1) is 25.4. The van der Waals surface area contributed by atoms with Gasteiger partial charge in [-0.2, -0.15) is 13.2 Å². The molecular weight excluding hydrogens is 449 g/mol. The van der Waals surface area contributed by atoms with E-state index < -0.39 is 27.0 Å². The van der Waals surface area contributed by atoms with Crippen LogP contribution in [-0.2, 0) is 41.9 Å². The molecule has 0 amide bonds. The van der Waals surface area contributed by atoms with E-state index in [0.717, 1.165) is 29.2 Å². The van der Waals surface area contributed by atoms with Gasteiger partial charge in [0.25, 0.3) is 0 Å². The molecule has 0 bridgehead atoms. The smallest absolute Gasteiger partial charge is 0.309 e. The van der Waals surface area contributed by atoms with E-state index in [2.05, 4.69) is 4.72 Å². The Morgan fingerprint density at radius 2 is 1.73 bits per heavy atom. The van der Waals surface area contributed by atoms with Gasteiger partial charge in [0.15, 0.2) is 0 Å². The van der Waals surface area contributed by atoms with E-state index in [0.29, 0.717) is 42.5 Å². The van der Waals surface area contributed by atoms with Crippen LogP contribution in [0.2, 0.25) is 0 Å². The Balaban J connectivity index is 1.80. The van der Waals surface area contributed by atoms with Crippen molar-refractivity contribution in [2.24, 2.45) is 0 Å². The molecule has 33 heavy (non-hydrogen) atoms. The summed E-state index contributed by atoms with van der Waals surface area (Å²) in [5.74, 6) is 0. The Morgan fingerprint density at radius 1 is 1.06 bits per heavy atom. The molecule has 1 aliphatic rings. The molecule has 2 N–H and O–H groups in total. The molecule has 0 aromatic heterocycles. The summed E-state index contributed by atoms with van der Waals surface area (Å²) in [6.07, 6.45) is -1.37. The van der Waals surface area contributed by atoms with Crippen LogP contribution >= 0.6 is 0 Å². The number of hydrogen-bond acceptors (Lipinski definition) is 3. The molecule has 4 nitrogen and oxygen atoms in total. The van der Waals surface area contributed by atoms with Crippen molar-refractivity contribution in [3.8, 4) is 0 Å². The fraction of sp³-hybridized carbons (Fsp3) is 0.480. The molecule has 0 fully saturated rings. The standard InChI is InChI=1S/C25H31F3N2O2S/c1-4-5-23(29)13-19-9-18(11-22(12-19)25(26,27)28)8-17-6-7-20-14-24(15-21(20)10-17)30-33(31,32)16(2)3/h6-7,9-12,16,24,29-30H,4-5,8,13-15H2,1-3H3/t24-/m0/s1. The van der Waals surface area contributed by atoms with E-state index in [1.54, 1.807) is 19.9 Å². The number of nitrogens with one attached hydrogen (secondary N) is 2. The van der Waals surface area contributed by atoms with E-state index in [9.17, 15) is 21.6 Å². The number of fused-ring (bicyclic) bond motifs is 1. The molecule has 0 aliphatic heterocycles. The second kappa shape index (κ2) is 9.97. The van der Waals surface area contributed by atoms with Gasteiger partial charge in [-0.3, -0.25) is 0 Å². The number of sulfonamides is 1. The molecule has 1 atom stereocenters. The largest absolute Gasteiger partial charge is 0.416 e. The Kier molecular flexibility index (Phi) is 7.69. The number of alkyl halides is 3. The second-order valence-electron chi connectivity index (χ2n) is 9.16. The molecule has 0 heterocycles. The number of benzene rings is 2. The van der Waals surface area contributed by atoms with Gasteiger partial charge in [0.1, 0.15) is 0 Å². The lowest BCUT2D eigenvalue weighted by Crippen LogP contribution is -2.39. The normalized spacial score (nSPS) is 16.3. The van der Waals surface area contributed by atoms with Crippen molar-refractivity contribution < 1.29 is 21.6 Å². The number of halogens is 3. The fourth-order valence-electron chi connectivity index (χ4n) is 4.24. The summed E-state index contributed by atoms with van der Waals surface area (Å²) in [6, 6.07) is 9.69. The van der Waals surface area contributed by atoms with Gasteiger partial charge in [0, 0.05) is 18.2 Å². The molecule has 3 rings (SSSR count). The van der Waals surface area contributed by atoms with Crippen LogP contribution in [-0.4, -0.2) is 25.4 Å². The Hall–Kier alpha value is -2.19. The van der Waals surface area contributed by atoms with E-state index >= 15 is 0 Å². The molecule has 2 aromatic carbocycles. The molecule has 0 unspecified atom stereocenters. The second-order valence-corrected chi connectivity index (χ2v) is 11.4. The quantitative estimate of drug-likeness (QED) is 0.469. The minimum absolute atomic E-state index is 0.201. The maximum atomic E-state index is 13.5. The SMILES string of the molecule is CCCC(=N)Cc1cc(Cc2ccc3c(c2)C[C@@H](NS(=O)(=O)C(C)C)C3)cc(C(F)(F)F)c1. The third kappa shape index (κ3) is 6.67. The van der Waals surface area contributed by atoms with Gasteiger partial charge in [0.2, 0.25) is 10.0 Å². The first-order valence-electron chi connectivity index (χ1n) is 11.3. The monoisotopic (exact) mass is 480 g/mol. The molecule has 180 valence electrons. The van der Waals surface area contributed by atoms with Crippen LogP contribution in [0.4, 0.5) is 13.2 Å². The van der Waals surface area contributed by atoms with Crippen LogP contribution in [0.1, 0.15) is 67.0 Å². The lowest BCUT2D eigenvalue weighted by Gasteiger charge is -2.14. The molecule has 1 aliphatic carbocycles. The maximum Gasteiger partial charge on any atom is 0.416 e. The average molecular weight is 481 g/mol. The number of hydrogen-bond donors (Lipinski definition) is 2. The van der Waals surface area contributed by atoms with Gasteiger partial charge in [0.05, 0.1) is 10.8 Å². The van der Waals surface area contributed by atoms with Crippen molar-refractivity contribution in [1.29, 1.82) is 5.41 Å². The lowest BCUT2D eigenvalue weighted by molar-refractivity contribution is -0.137. The van der Waals surface area contributed by atoms with E-state index in [-0.39, 0.29) is 12.5 Å². The number of rotatable bonds is 9. The zero-order valence-electron chi connectivity index (χ0n) is 19.2. The van der Waals surface area contributed by atoms with Crippen molar-refractivity contribution in [2.75, 3.05) is 0 Å². The third-order valence-corrected chi connectivity index (χ3v) is 7.82. The predicted octanol–water partition coefficient (Wildman–Crippen LogP) is 5.45. The van der Waals surface area contributed by atoms with Gasteiger partial charge >= 0.3 is 6.18 Å². The molecule has 8 heteroatoms. The minimum atomic E-state index is -4.45. The van der Waals surface area contributed by atoms with Crippen LogP contribution in [0.25, 0.3) is 0 Å². The highest BCUT2D eigenvalue weighted by molar-refractivity contribution is 7.90. The van der Waals surface area contributed by atoms with Gasteiger partial charge in [-0.05, 0) is 79.5 Å². The fourth-order valence-corrected chi connectivity index (χ4v) is 5.14. The van der Waals surface area contributed by atoms with Crippen LogP contribution in [0.15, 0.2) is 36.4 Å². The highest BCUT2D eigenvalue weighted by Gasteiger charge is 2.31. The molecule has 0 saturated carbocycles.